The van der Waals surface area contributed by atoms with Crippen LogP contribution in [-0.2, 0) is 4.79 Å². The van der Waals surface area contributed by atoms with Gasteiger partial charge in [-0.05, 0) is 26.0 Å². The van der Waals surface area contributed by atoms with Gasteiger partial charge in [0.05, 0.1) is 16.9 Å². The maximum atomic E-state index is 14.5. The fraction of sp³-hybridized carbons (Fsp3) is 0.238. The molecule has 1 amide bonds. The number of halogens is 2. The SMILES string of the molecule is CC(=O)/C(COc1cc(F)c(C(=O)Nc2ccccc2N(C)C)c(F)c1)=C(/C)N. The van der Waals surface area contributed by atoms with Crippen LogP contribution in [0.15, 0.2) is 47.7 Å². The molecule has 2 aromatic carbocycles. The van der Waals surface area contributed by atoms with Crippen LogP contribution < -0.4 is 20.7 Å². The second-order valence-corrected chi connectivity index (χ2v) is 6.63. The predicted molar refractivity (Wildman–Crippen MR) is 108 cm³/mol. The summed E-state index contributed by atoms with van der Waals surface area (Å²) in [5.41, 5.74) is 6.43. The molecular weight excluding hydrogens is 380 g/mol. The first kappa shape index (κ1) is 21.9. The molecule has 2 aromatic rings. The zero-order valence-electron chi connectivity index (χ0n) is 16.7. The summed E-state index contributed by atoms with van der Waals surface area (Å²) in [6.45, 7) is 2.60. The molecular formula is C21H23F2N3O3. The van der Waals surface area contributed by atoms with Gasteiger partial charge in [-0.25, -0.2) is 8.78 Å². The average Bonchev–Trinajstić information content (AvgIpc) is 2.60. The highest BCUT2D eigenvalue weighted by Crippen LogP contribution is 2.26. The molecule has 0 aromatic heterocycles. The van der Waals surface area contributed by atoms with Crippen LogP contribution in [0, 0.1) is 11.6 Å². The van der Waals surface area contributed by atoms with Crippen molar-refractivity contribution in [3.05, 3.63) is 64.9 Å². The Kier molecular flexibility index (Phi) is 6.93. The molecule has 0 atom stereocenters. The molecule has 2 rings (SSSR count). The minimum absolute atomic E-state index is 0.162. The molecule has 8 heteroatoms. The lowest BCUT2D eigenvalue weighted by Gasteiger charge is -2.18. The Morgan fingerprint density at radius 1 is 1.10 bits per heavy atom. The Balaban J connectivity index is 2.24. The molecule has 0 radical (unpaired) electrons. The van der Waals surface area contributed by atoms with E-state index in [4.69, 9.17) is 10.5 Å². The van der Waals surface area contributed by atoms with Crippen molar-refractivity contribution < 1.29 is 23.1 Å². The van der Waals surface area contributed by atoms with Crippen LogP contribution in [0.5, 0.6) is 5.75 Å². The zero-order chi connectivity index (χ0) is 21.7. The van der Waals surface area contributed by atoms with E-state index in [1.165, 1.54) is 13.8 Å². The van der Waals surface area contributed by atoms with Crippen LogP contribution in [0.3, 0.4) is 0 Å². The van der Waals surface area contributed by atoms with E-state index < -0.39 is 23.1 Å². The number of carbonyl (C=O) groups excluding carboxylic acids is 2. The number of hydrogen-bond donors (Lipinski definition) is 2. The van der Waals surface area contributed by atoms with Crippen LogP contribution in [0.25, 0.3) is 0 Å². The molecule has 6 nitrogen and oxygen atoms in total. The molecule has 0 heterocycles. The molecule has 0 aliphatic rings. The van der Waals surface area contributed by atoms with Crippen molar-refractivity contribution in [3.63, 3.8) is 0 Å². The van der Waals surface area contributed by atoms with Crippen LogP contribution in [-0.4, -0.2) is 32.4 Å². The van der Waals surface area contributed by atoms with Crippen LogP contribution in [0.2, 0.25) is 0 Å². The predicted octanol–water partition coefficient (Wildman–Crippen LogP) is 3.48. The Morgan fingerprint density at radius 2 is 1.69 bits per heavy atom. The van der Waals surface area contributed by atoms with Crippen molar-refractivity contribution in [2.24, 2.45) is 5.73 Å². The van der Waals surface area contributed by atoms with Gasteiger partial charge in [0, 0.05) is 31.9 Å². The fourth-order valence-corrected chi connectivity index (χ4v) is 2.65. The molecule has 0 unspecified atom stereocenters. The third-order valence-corrected chi connectivity index (χ3v) is 4.16. The van der Waals surface area contributed by atoms with Crippen LogP contribution in [0.1, 0.15) is 24.2 Å². The molecule has 0 bridgehead atoms. The summed E-state index contributed by atoms with van der Waals surface area (Å²) in [4.78, 5) is 25.7. The summed E-state index contributed by atoms with van der Waals surface area (Å²) in [6.07, 6.45) is 0. The van der Waals surface area contributed by atoms with Crippen molar-refractivity contribution in [2.45, 2.75) is 13.8 Å². The highest BCUT2D eigenvalue weighted by atomic mass is 19.1. The van der Waals surface area contributed by atoms with E-state index in [9.17, 15) is 18.4 Å². The zero-order valence-corrected chi connectivity index (χ0v) is 16.7. The standard InChI is InChI=1S/C21H23F2N3O3/c1-12(24)15(13(2)27)11-29-14-9-16(22)20(17(23)10-14)21(28)25-18-7-5-6-8-19(18)26(3)4/h5-10H,11,24H2,1-4H3,(H,25,28)/b15-12-. The number of nitrogens with one attached hydrogen (secondary N) is 1. The number of Topliss-reactive ketones (excluding diaryl/α,β-unsaturated/α-hetero) is 1. The molecule has 0 fully saturated rings. The van der Waals surface area contributed by atoms with Gasteiger partial charge in [0.1, 0.15) is 29.6 Å². The molecule has 0 saturated carbocycles. The molecule has 0 saturated heterocycles. The number of ketones is 1. The Morgan fingerprint density at radius 3 is 2.21 bits per heavy atom. The minimum Gasteiger partial charge on any atom is -0.488 e. The van der Waals surface area contributed by atoms with E-state index in [0.29, 0.717) is 11.4 Å². The summed E-state index contributed by atoms with van der Waals surface area (Å²) in [7, 11) is 3.57. The number of carbonyl (C=O) groups is 2. The highest BCUT2D eigenvalue weighted by molar-refractivity contribution is 6.06. The third kappa shape index (κ3) is 5.31. The second kappa shape index (κ2) is 9.18. The largest absolute Gasteiger partial charge is 0.488 e. The first-order valence-electron chi connectivity index (χ1n) is 8.77. The van der Waals surface area contributed by atoms with E-state index in [1.807, 2.05) is 0 Å². The van der Waals surface area contributed by atoms with Crippen molar-refractivity contribution in [1.82, 2.24) is 0 Å². The van der Waals surface area contributed by atoms with Crippen LogP contribution >= 0.6 is 0 Å². The average molecular weight is 403 g/mol. The molecule has 29 heavy (non-hydrogen) atoms. The highest BCUT2D eigenvalue weighted by Gasteiger charge is 2.21. The van der Waals surface area contributed by atoms with Gasteiger partial charge < -0.3 is 20.7 Å². The van der Waals surface area contributed by atoms with E-state index in [-0.39, 0.29) is 29.4 Å². The lowest BCUT2D eigenvalue weighted by atomic mass is 10.1. The number of ether oxygens (including phenoxy) is 1. The number of anilines is 2. The maximum absolute atomic E-state index is 14.5. The second-order valence-electron chi connectivity index (χ2n) is 6.63. The van der Waals surface area contributed by atoms with Crippen molar-refractivity contribution in [1.29, 1.82) is 0 Å². The maximum Gasteiger partial charge on any atom is 0.261 e. The summed E-state index contributed by atoms with van der Waals surface area (Å²) < 4.78 is 34.2. The van der Waals surface area contributed by atoms with Gasteiger partial charge in [0.15, 0.2) is 5.78 Å². The first-order valence-corrected chi connectivity index (χ1v) is 8.77. The van der Waals surface area contributed by atoms with Gasteiger partial charge in [0.25, 0.3) is 5.91 Å². The van der Waals surface area contributed by atoms with E-state index in [2.05, 4.69) is 5.32 Å². The quantitative estimate of drug-likeness (QED) is 0.692. The Hall–Kier alpha value is -3.42. The number of allylic oxidation sites excluding steroid dienone is 1. The summed E-state index contributed by atoms with van der Waals surface area (Å²) in [5, 5.41) is 2.52. The monoisotopic (exact) mass is 403 g/mol. The summed E-state index contributed by atoms with van der Waals surface area (Å²) in [5.74, 6) is -3.56. The molecule has 0 aliphatic carbocycles. The molecule has 154 valence electrons. The summed E-state index contributed by atoms with van der Waals surface area (Å²) in [6, 6.07) is 8.65. The van der Waals surface area contributed by atoms with Gasteiger partial charge in [-0.3, -0.25) is 9.59 Å². The number of para-hydroxylation sites is 2. The fourth-order valence-electron chi connectivity index (χ4n) is 2.65. The summed E-state index contributed by atoms with van der Waals surface area (Å²) >= 11 is 0. The smallest absolute Gasteiger partial charge is 0.261 e. The number of nitrogens with zero attached hydrogens (tertiary/aromatic N) is 1. The van der Waals surface area contributed by atoms with E-state index >= 15 is 0 Å². The van der Waals surface area contributed by atoms with E-state index in [1.54, 1.807) is 43.3 Å². The Labute approximate surface area is 168 Å². The number of hydrogen-bond acceptors (Lipinski definition) is 5. The number of benzene rings is 2. The topological polar surface area (TPSA) is 84.7 Å². The van der Waals surface area contributed by atoms with Gasteiger partial charge in [-0.2, -0.15) is 0 Å². The number of amides is 1. The van der Waals surface area contributed by atoms with Crippen molar-refractivity contribution >= 4 is 23.1 Å². The van der Waals surface area contributed by atoms with Crippen LogP contribution in [0.4, 0.5) is 20.2 Å². The van der Waals surface area contributed by atoms with Crippen molar-refractivity contribution in [3.8, 4) is 5.75 Å². The number of rotatable bonds is 7. The Bertz CT molecular complexity index is 944. The van der Waals surface area contributed by atoms with Crippen molar-refractivity contribution in [2.75, 3.05) is 30.9 Å². The van der Waals surface area contributed by atoms with E-state index in [0.717, 1.165) is 12.1 Å². The van der Waals surface area contributed by atoms with Gasteiger partial charge in [-0.15, -0.1) is 0 Å². The van der Waals surface area contributed by atoms with Gasteiger partial charge in [0.2, 0.25) is 0 Å². The lowest BCUT2D eigenvalue weighted by molar-refractivity contribution is -0.114. The molecule has 0 spiro atoms. The van der Waals surface area contributed by atoms with Gasteiger partial charge in [-0.1, -0.05) is 12.1 Å². The molecule has 0 aliphatic heterocycles. The molecule has 3 N–H and O–H groups in total. The third-order valence-electron chi connectivity index (χ3n) is 4.16. The normalized spacial score (nSPS) is 11.5. The number of nitrogens with two attached hydrogens (primary N) is 1. The lowest BCUT2D eigenvalue weighted by Crippen LogP contribution is -2.19. The van der Waals surface area contributed by atoms with Gasteiger partial charge >= 0.3 is 0 Å². The first-order chi connectivity index (χ1) is 13.6. The minimum atomic E-state index is -1.09.